The summed E-state index contributed by atoms with van der Waals surface area (Å²) in [6, 6.07) is 4.79. The van der Waals surface area contributed by atoms with Gasteiger partial charge in [-0.15, -0.1) is 0 Å². The van der Waals surface area contributed by atoms with Gasteiger partial charge in [-0.05, 0) is 32.0 Å². The minimum Gasteiger partial charge on any atom is -0.399 e. The number of nitrogen functional groups attached to an aromatic ring is 1. The van der Waals surface area contributed by atoms with Crippen LogP contribution in [0.5, 0.6) is 0 Å². The third-order valence-corrected chi connectivity index (χ3v) is 7.13. The summed E-state index contributed by atoms with van der Waals surface area (Å²) in [5, 5.41) is -0.842. The van der Waals surface area contributed by atoms with E-state index in [2.05, 4.69) is 9.97 Å². The number of imidazole rings is 1. The number of aromatic amines is 1. The number of nitrogens with one attached hydrogen (secondary N) is 1. The Bertz CT molecular complexity index is 867. The summed E-state index contributed by atoms with van der Waals surface area (Å²) in [4.78, 5) is 6.65. The number of nitrogens with zero attached hydrogens (tertiary/aromatic N) is 1. The quantitative estimate of drug-likeness (QED) is 0.779. The fourth-order valence-corrected chi connectivity index (χ4v) is 4.68. The first-order valence-corrected chi connectivity index (χ1v) is 9.68. The Kier molecular flexibility index (Phi) is 3.98. The molecule has 21 heavy (non-hydrogen) atoms. The molecule has 3 N–H and O–H groups in total. The van der Waals surface area contributed by atoms with Gasteiger partial charge in [-0.25, -0.2) is 21.8 Å². The lowest BCUT2D eigenvalue weighted by Gasteiger charge is -2.06. The molecule has 0 radical (unpaired) electrons. The fraction of sp³-hybridized carbons (Fsp3) is 0.417. The Morgan fingerprint density at radius 1 is 1.19 bits per heavy atom. The number of hydrogen-bond acceptors (Lipinski definition) is 6. The lowest BCUT2D eigenvalue weighted by Crippen LogP contribution is -2.24. The van der Waals surface area contributed by atoms with Gasteiger partial charge in [0.05, 0.1) is 27.8 Å². The largest absolute Gasteiger partial charge is 0.399 e. The topological polar surface area (TPSA) is 123 Å². The highest BCUT2D eigenvalue weighted by molar-refractivity contribution is 7.95. The summed E-state index contributed by atoms with van der Waals surface area (Å²) in [5.41, 5.74) is 7.07. The Hall–Kier alpha value is -1.61. The summed E-state index contributed by atoms with van der Waals surface area (Å²) >= 11 is 0. The molecule has 116 valence electrons. The van der Waals surface area contributed by atoms with Gasteiger partial charge in [0.25, 0.3) is 0 Å². The van der Waals surface area contributed by atoms with Crippen molar-refractivity contribution in [1.29, 1.82) is 0 Å². The lowest BCUT2D eigenvalue weighted by molar-refractivity contribution is 0.579. The second-order valence-corrected chi connectivity index (χ2v) is 9.75. The first kappa shape index (κ1) is 15.8. The predicted octanol–water partition coefficient (Wildman–Crippen LogP) is 0.742. The summed E-state index contributed by atoms with van der Waals surface area (Å²) in [5.74, 6) is -0.922. The molecule has 0 fully saturated rings. The van der Waals surface area contributed by atoms with Crippen molar-refractivity contribution in [3.05, 3.63) is 18.2 Å². The van der Waals surface area contributed by atoms with Crippen molar-refractivity contribution in [2.75, 3.05) is 17.2 Å². The molecule has 9 heteroatoms. The fourth-order valence-electron chi connectivity index (χ4n) is 1.71. The van der Waals surface area contributed by atoms with E-state index in [0.29, 0.717) is 16.7 Å². The molecule has 0 unspecified atom stereocenters. The monoisotopic (exact) mass is 331 g/mol. The lowest BCUT2D eigenvalue weighted by atomic mass is 10.3. The van der Waals surface area contributed by atoms with Crippen LogP contribution in [0, 0.1) is 0 Å². The van der Waals surface area contributed by atoms with Gasteiger partial charge >= 0.3 is 0 Å². The normalized spacial score (nSPS) is 13.1. The maximum absolute atomic E-state index is 12.2. The molecule has 0 saturated carbocycles. The van der Waals surface area contributed by atoms with E-state index < -0.39 is 36.4 Å². The number of hydrogen-bond donors (Lipinski definition) is 2. The molecule has 0 atom stereocenters. The standard InChI is InChI=1S/C12H17N3O4S2/c1-8(2)20(16,17)5-6-21(18,19)12-14-10-4-3-9(13)7-11(10)15-12/h3-4,7-8H,5-6,13H2,1-2H3,(H,14,15). The Labute approximate surface area is 123 Å². The van der Waals surface area contributed by atoms with Crippen LogP contribution in [-0.2, 0) is 19.7 Å². The summed E-state index contributed by atoms with van der Waals surface area (Å²) in [6.07, 6.45) is 0. The van der Waals surface area contributed by atoms with Crippen molar-refractivity contribution in [2.24, 2.45) is 0 Å². The highest BCUT2D eigenvalue weighted by Gasteiger charge is 2.24. The van der Waals surface area contributed by atoms with Gasteiger partial charge in [0, 0.05) is 5.69 Å². The van der Waals surface area contributed by atoms with Crippen LogP contribution < -0.4 is 5.73 Å². The van der Waals surface area contributed by atoms with Crippen LogP contribution in [0.2, 0.25) is 0 Å². The van der Waals surface area contributed by atoms with Crippen LogP contribution in [0.25, 0.3) is 11.0 Å². The molecule has 0 bridgehead atoms. The number of benzene rings is 1. The summed E-state index contributed by atoms with van der Waals surface area (Å²) < 4.78 is 47.8. The van der Waals surface area contributed by atoms with Crippen LogP contribution in [0.1, 0.15) is 13.8 Å². The Morgan fingerprint density at radius 3 is 2.48 bits per heavy atom. The van der Waals surface area contributed by atoms with E-state index in [9.17, 15) is 16.8 Å². The molecule has 0 saturated heterocycles. The molecule has 0 aliphatic heterocycles. The minimum atomic E-state index is -3.79. The number of sulfone groups is 2. The molecule has 0 amide bonds. The molecule has 0 aliphatic rings. The third kappa shape index (κ3) is 3.35. The van der Waals surface area contributed by atoms with Gasteiger partial charge in [0.15, 0.2) is 9.84 Å². The van der Waals surface area contributed by atoms with Crippen LogP contribution in [0.3, 0.4) is 0 Å². The van der Waals surface area contributed by atoms with Crippen molar-refractivity contribution < 1.29 is 16.8 Å². The number of anilines is 1. The van der Waals surface area contributed by atoms with Gasteiger partial charge in [-0.3, -0.25) is 0 Å². The number of rotatable bonds is 5. The molecule has 1 aromatic carbocycles. The van der Waals surface area contributed by atoms with E-state index in [1.807, 2.05) is 0 Å². The van der Waals surface area contributed by atoms with E-state index in [1.54, 1.807) is 18.2 Å². The van der Waals surface area contributed by atoms with Gasteiger partial charge in [-0.1, -0.05) is 0 Å². The smallest absolute Gasteiger partial charge is 0.226 e. The van der Waals surface area contributed by atoms with Crippen molar-refractivity contribution in [2.45, 2.75) is 24.3 Å². The maximum Gasteiger partial charge on any atom is 0.226 e. The van der Waals surface area contributed by atoms with Gasteiger partial charge in [0.2, 0.25) is 15.0 Å². The van der Waals surface area contributed by atoms with E-state index >= 15 is 0 Å². The summed E-state index contributed by atoms with van der Waals surface area (Å²) in [7, 11) is -7.21. The number of aromatic nitrogens is 2. The molecule has 2 rings (SSSR count). The molecule has 2 aromatic rings. The van der Waals surface area contributed by atoms with Crippen LogP contribution in [0.15, 0.2) is 23.4 Å². The van der Waals surface area contributed by atoms with Gasteiger partial charge < -0.3 is 10.7 Å². The molecule has 0 spiro atoms. The van der Waals surface area contributed by atoms with Crippen molar-refractivity contribution in [3.8, 4) is 0 Å². The van der Waals surface area contributed by atoms with Crippen LogP contribution in [-0.4, -0.2) is 43.6 Å². The van der Waals surface area contributed by atoms with Crippen molar-refractivity contribution in [3.63, 3.8) is 0 Å². The summed E-state index contributed by atoms with van der Waals surface area (Å²) in [6.45, 7) is 3.04. The molecule has 1 aromatic heterocycles. The Morgan fingerprint density at radius 2 is 1.86 bits per heavy atom. The average Bonchev–Trinajstić information content (AvgIpc) is 2.80. The van der Waals surface area contributed by atoms with Crippen molar-refractivity contribution >= 4 is 36.4 Å². The molecule has 0 aliphatic carbocycles. The number of H-pyrrole nitrogens is 1. The minimum absolute atomic E-state index is 0.234. The van der Waals surface area contributed by atoms with E-state index in [1.165, 1.54) is 13.8 Å². The van der Waals surface area contributed by atoms with Crippen LogP contribution in [0.4, 0.5) is 5.69 Å². The first-order valence-electron chi connectivity index (χ1n) is 6.31. The first-order chi connectivity index (χ1) is 9.62. The third-order valence-electron chi connectivity index (χ3n) is 3.13. The number of fused-ring (bicyclic) bond motifs is 1. The average molecular weight is 331 g/mol. The highest BCUT2D eigenvalue weighted by Crippen LogP contribution is 2.18. The zero-order valence-electron chi connectivity index (χ0n) is 11.7. The number of nitrogens with two attached hydrogens (primary N) is 1. The van der Waals surface area contributed by atoms with Crippen LogP contribution >= 0.6 is 0 Å². The van der Waals surface area contributed by atoms with E-state index in [-0.39, 0.29) is 5.16 Å². The van der Waals surface area contributed by atoms with Crippen molar-refractivity contribution in [1.82, 2.24) is 9.97 Å². The Balaban J connectivity index is 2.30. The zero-order chi connectivity index (χ0) is 15.8. The molecular weight excluding hydrogens is 314 g/mol. The zero-order valence-corrected chi connectivity index (χ0v) is 13.3. The molecular formula is C12H17N3O4S2. The SMILES string of the molecule is CC(C)S(=O)(=O)CCS(=O)(=O)c1nc2ccc(N)cc2[nH]1. The molecule has 1 heterocycles. The predicted molar refractivity (Wildman–Crippen MR) is 81.5 cm³/mol. The van der Waals surface area contributed by atoms with Gasteiger partial charge in [0.1, 0.15) is 0 Å². The van der Waals surface area contributed by atoms with Gasteiger partial charge in [-0.2, -0.15) is 0 Å². The van der Waals surface area contributed by atoms with E-state index in [4.69, 9.17) is 5.73 Å². The maximum atomic E-state index is 12.2. The molecule has 7 nitrogen and oxygen atoms in total. The highest BCUT2D eigenvalue weighted by atomic mass is 32.2. The second kappa shape index (κ2) is 5.30. The van der Waals surface area contributed by atoms with E-state index in [0.717, 1.165) is 0 Å². The second-order valence-electron chi connectivity index (χ2n) is 5.05.